The van der Waals surface area contributed by atoms with E-state index in [-0.39, 0.29) is 0 Å². The van der Waals surface area contributed by atoms with Gasteiger partial charge in [0.15, 0.2) is 8.32 Å². The summed E-state index contributed by atoms with van der Waals surface area (Å²) < 4.78 is 6.51. The Kier molecular flexibility index (Phi) is 15.8. The maximum Gasteiger partial charge on any atom is 0.187 e. The van der Waals surface area contributed by atoms with Crippen LogP contribution in [-0.4, -0.2) is 14.4 Å². The van der Waals surface area contributed by atoms with E-state index in [0.717, 1.165) is 0 Å². The van der Waals surface area contributed by atoms with E-state index in [1.807, 2.05) is 0 Å². The first-order valence-electron chi connectivity index (χ1n) is 10.7. The Morgan fingerprint density at radius 2 is 1.13 bits per heavy atom. The van der Waals surface area contributed by atoms with Gasteiger partial charge in [-0.2, -0.15) is 0 Å². The minimum Gasteiger partial charge on any atom is -0.414 e. The van der Waals surface area contributed by atoms with Crippen LogP contribution in [0.3, 0.4) is 0 Å². The second-order valence-corrected chi connectivity index (χ2v) is 12.2. The summed E-state index contributed by atoms with van der Waals surface area (Å²) in [6, 6.07) is 1.33. The Balaban J connectivity index is 3.57. The van der Waals surface area contributed by atoms with Crippen LogP contribution in [0.5, 0.6) is 0 Å². The molecule has 0 aromatic rings. The molecule has 0 amide bonds. The largest absolute Gasteiger partial charge is 0.414 e. The number of unbranched alkanes of at least 4 members (excludes halogenated alkanes) is 10. The summed E-state index contributed by atoms with van der Waals surface area (Å²) in [5.74, 6) is 0. The number of hydrogen-bond acceptors (Lipinski definition) is 1. The van der Waals surface area contributed by atoms with Crippen molar-refractivity contribution in [2.24, 2.45) is 0 Å². The van der Waals surface area contributed by atoms with Crippen LogP contribution in [-0.2, 0) is 4.43 Å². The van der Waals surface area contributed by atoms with Crippen molar-refractivity contribution in [3.05, 3.63) is 0 Å². The van der Waals surface area contributed by atoms with Crippen molar-refractivity contribution in [1.82, 2.24) is 0 Å². The lowest BCUT2D eigenvalue weighted by molar-refractivity contribution is 0.172. The molecule has 0 fully saturated rings. The predicted molar refractivity (Wildman–Crippen MR) is 109 cm³/mol. The first kappa shape index (κ1) is 23.2. The highest BCUT2D eigenvalue weighted by Crippen LogP contribution is 2.21. The second-order valence-electron chi connectivity index (χ2n) is 7.98. The van der Waals surface area contributed by atoms with Gasteiger partial charge in [0.1, 0.15) is 0 Å². The van der Waals surface area contributed by atoms with Crippen molar-refractivity contribution in [2.75, 3.05) is 0 Å². The number of hydrogen-bond donors (Lipinski definition) is 0. The summed E-state index contributed by atoms with van der Waals surface area (Å²) in [5.41, 5.74) is 0. The quantitative estimate of drug-likeness (QED) is 0.192. The predicted octanol–water partition coefficient (Wildman–Crippen LogP) is 8.10. The second kappa shape index (κ2) is 15.7. The van der Waals surface area contributed by atoms with Crippen molar-refractivity contribution in [3.8, 4) is 0 Å². The Morgan fingerprint density at radius 1 is 0.652 bits per heavy atom. The fraction of sp³-hybridized carbons (Fsp3) is 1.00. The molecule has 140 valence electrons. The van der Waals surface area contributed by atoms with Crippen LogP contribution in [0.2, 0.25) is 19.1 Å². The van der Waals surface area contributed by atoms with Crippen molar-refractivity contribution in [3.63, 3.8) is 0 Å². The zero-order valence-electron chi connectivity index (χ0n) is 17.1. The van der Waals surface area contributed by atoms with Gasteiger partial charge in [-0.15, -0.1) is 0 Å². The minimum atomic E-state index is -1.41. The maximum absolute atomic E-state index is 6.51. The van der Waals surface area contributed by atoms with E-state index in [1.54, 1.807) is 0 Å². The lowest BCUT2D eigenvalue weighted by Crippen LogP contribution is -2.35. The van der Waals surface area contributed by atoms with Crippen molar-refractivity contribution >= 4 is 8.32 Å². The Hall–Kier alpha value is 0.177. The van der Waals surface area contributed by atoms with Gasteiger partial charge in [0.2, 0.25) is 0 Å². The molecule has 0 aliphatic carbocycles. The SMILES string of the molecule is CCCCCCCCCCCCC(CC)O[Si](C)(C)CCCC. The summed E-state index contributed by atoms with van der Waals surface area (Å²) in [6.07, 6.45) is 19.9. The first-order chi connectivity index (χ1) is 11.1. The van der Waals surface area contributed by atoms with Crippen LogP contribution >= 0.6 is 0 Å². The van der Waals surface area contributed by atoms with Gasteiger partial charge in [-0.1, -0.05) is 97.8 Å². The molecule has 0 saturated heterocycles. The van der Waals surface area contributed by atoms with Gasteiger partial charge in [-0.05, 0) is 32.0 Å². The molecule has 0 bridgehead atoms. The topological polar surface area (TPSA) is 9.23 Å². The molecule has 1 atom stereocenters. The molecule has 0 rings (SSSR count). The monoisotopic (exact) mass is 342 g/mol. The smallest absolute Gasteiger partial charge is 0.187 e. The standard InChI is InChI=1S/C21H46OSi/c1-6-9-11-12-13-14-15-16-17-18-19-21(8-3)22-23(4,5)20-10-7-2/h21H,6-20H2,1-5H3. The molecular weight excluding hydrogens is 296 g/mol. The Labute approximate surface area is 149 Å². The van der Waals surface area contributed by atoms with Crippen molar-refractivity contribution < 1.29 is 4.43 Å². The van der Waals surface area contributed by atoms with Crippen LogP contribution in [0.1, 0.15) is 111 Å². The molecule has 0 aromatic carbocycles. The van der Waals surface area contributed by atoms with Gasteiger partial charge in [-0.3, -0.25) is 0 Å². The molecule has 0 saturated carbocycles. The minimum absolute atomic E-state index is 0.530. The Morgan fingerprint density at radius 3 is 1.61 bits per heavy atom. The van der Waals surface area contributed by atoms with Crippen LogP contribution in [0.15, 0.2) is 0 Å². The van der Waals surface area contributed by atoms with Gasteiger partial charge in [0.05, 0.1) is 0 Å². The van der Waals surface area contributed by atoms with Gasteiger partial charge in [-0.25, -0.2) is 0 Å². The molecule has 23 heavy (non-hydrogen) atoms. The van der Waals surface area contributed by atoms with Crippen LogP contribution in [0.4, 0.5) is 0 Å². The van der Waals surface area contributed by atoms with Crippen LogP contribution in [0, 0.1) is 0 Å². The average Bonchev–Trinajstić information content (AvgIpc) is 2.53. The average molecular weight is 343 g/mol. The Bertz CT molecular complexity index is 240. The normalized spacial score (nSPS) is 13.4. The van der Waals surface area contributed by atoms with Gasteiger partial charge >= 0.3 is 0 Å². The molecule has 0 aromatic heterocycles. The highest BCUT2D eigenvalue weighted by molar-refractivity contribution is 6.71. The fourth-order valence-electron chi connectivity index (χ4n) is 3.32. The molecule has 2 heteroatoms. The van der Waals surface area contributed by atoms with Crippen LogP contribution in [0.25, 0.3) is 0 Å². The molecule has 0 aliphatic rings. The maximum atomic E-state index is 6.51. The molecule has 1 unspecified atom stereocenters. The molecule has 0 aliphatic heterocycles. The zero-order valence-corrected chi connectivity index (χ0v) is 18.1. The molecular formula is C21H46OSi. The third-order valence-corrected chi connectivity index (χ3v) is 7.48. The van der Waals surface area contributed by atoms with E-state index in [4.69, 9.17) is 4.43 Å². The van der Waals surface area contributed by atoms with Gasteiger partial charge in [0.25, 0.3) is 0 Å². The van der Waals surface area contributed by atoms with Crippen LogP contribution < -0.4 is 0 Å². The third kappa shape index (κ3) is 15.4. The summed E-state index contributed by atoms with van der Waals surface area (Å²) >= 11 is 0. The van der Waals surface area contributed by atoms with Crippen molar-refractivity contribution in [1.29, 1.82) is 0 Å². The van der Waals surface area contributed by atoms with E-state index >= 15 is 0 Å². The number of rotatable bonds is 17. The summed E-state index contributed by atoms with van der Waals surface area (Å²) in [5, 5.41) is 0. The third-order valence-electron chi connectivity index (χ3n) is 4.95. The van der Waals surface area contributed by atoms with E-state index < -0.39 is 8.32 Å². The highest BCUT2D eigenvalue weighted by Gasteiger charge is 2.25. The zero-order chi connectivity index (χ0) is 17.4. The van der Waals surface area contributed by atoms with E-state index in [0.29, 0.717) is 6.10 Å². The van der Waals surface area contributed by atoms with E-state index in [9.17, 15) is 0 Å². The molecule has 0 radical (unpaired) electrons. The van der Waals surface area contributed by atoms with E-state index in [1.165, 1.54) is 95.9 Å². The van der Waals surface area contributed by atoms with Gasteiger partial charge in [0, 0.05) is 6.10 Å². The summed E-state index contributed by atoms with van der Waals surface area (Å²) in [7, 11) is -1.41. The lowest BCUT2D eigenvalue weighted by Gasteiger charge is -2.29. The van der Waals surface area contributed by atoms with Gasteiger partial charge < -0.3 is 4.43 Å². The fourth-order valence-corrected chi connectivity index (χ4v) is 5.83. The molecule has 0 spiro atoms. The highest BCUT2D eigenvalue weighted by atomic mass is 28.4. The molecule has 1 nitrogen and oxygen atoms in total. The molecule has 0 N–H and O–H groups in total. The molecule has 0 heterocycles. The lowest BCUT2D eigenvalue weighted by atomic mass is 10.0. The summed E-state index contributed by atoms with van der Waals surface area (Å²) in [6.45, 7) is 11.7. The first-order valence-corrected chi connectivity index (χ1v) is 13.8. The van der Waals surface area contributed by atoms with E-state index in [2.05, 4.69) is 33.9 Å². The van der Waals surface area contributed by atoms with Crippen molar-refractivity contribution in [2.45, 2.75) is 136 Å². The summed E-state index contributed by atoms with van der Waals surface area (Å²) in [4.78, 5) is 0.